The monoisotopic (exact) mass is 350 g/mol. The van der Waals surface area contributed by atoms with Crippen LogP contribution in [0.15, 0.2) is 21.1 Å². The van der Waals surface area contributed by atoms with E-state index in [1.54, 1.807) is 24.6 Å². The molecule has 0 saturated heterocycles. The highest BCUT2D eigenvalue weighted by Crippen LogP contribution is 2.29. The molecule has 0 aliphatic carbocycles. The molecule has 0 spiro atoms. The second kappa shape index (κ2) is 5.08. The van der Waals surface area contributed by atoms with Crippen molar-refractivity contribution in [2.24, 2.45) is 7.05 Å². The lowest BCUT2D eigenvalue weighted by Crippen LogP contribution is -2.24. The Balaban J connectivity index is 2.18. The smallest absolute Gasteiger partial charge is 0.242 e. The summed E-state index contributed by atoms with van der Waals surface area (Å²) in [5.41, 5.74) is 0. The summed E-state index contributed by atoms with van der Waals surface area (Å²) in [7, 11) is -1.75. The molecule has 9 heteroatoms. The summed E-state index contributed by atoms with van der Waals surface area (Å²) in [6.07, 6.45) is 1.52. The summed E-state index contributed by atoms with van der Waals surface area (Å²) < 4.78 is 29.1. The van der Waals surface area contributed by atoms with E-state index < -0.39 is 10.0 Å². The highest BCUT2D eigenvalue weighted by atomic mass is 79.9. The number of halogens is 1. The van der Waals surface area contributed by atoms with Crippen LogP contribution < -0.4 is 4.72 Å². The molecule has 0 fully saturated rings. The van der Waals surface area contributed by atoms with Crippen LogP contribution >= 0.6 is 27.3 Å². The Kier molecular flexibility index (Phi) is 3.85. The lowest BCUT2D eigenvalue weighted by Gasteiger charge is -2.05. The van der Waals surface area contributed by atoms with Gasteiger partial charge >= 0.3 is 0 Å². The fraction of sp³-hybridized carbons (Fsp3) is 0.333. The molecular weight excluding hydrogens is 340 g/mol. The molecule has 0 aliphatic heterocycles. The lowest BCUT2D eigenvalue weighted by atomic mass is 10.5. The highest BCUT2D eigenvalue weighted by molar-refractivity contribution is 9.11. The van der Waals surface area contributed by atoms with Crippen molar-refractivity contribution in [3.8, 4) is 0 Å². The van der Waals surface area contributed by atoms with Crippen molar-refractivity contribution in [1.82, 2.24) is 19.5 Å². The molecule has 2 aromatic heterocycles. The maximum atomic E-state index is 12.1. The van der Waals surface area contributed by atoms with Crippen molar-refractivity contribution in [3.05, 3.63) is 26.9 Å². The van der Waals surface area contributed by atoms with E-state index in [1.165, 1.54) is 17.7 Å². The highest BCUT2D eigenvalue weighted by Gasteiger charge is 2.19. The molecule has 0 aromatic carbocycles. The van der Waals surface area contributed by atoms with E-state index >= 15 is 0 Å². The third kappa shape index (κ3) is 2.79. The van der Waals surface area contributed by atoms with Gasteiger partial charge in [-0.2, -0.15) is 0 Å². The summed E-state index contributed by atoms with van der Waals surface area (Å²) in [4.78, 5) is 1.04. The third-order valence-electron chi connectivity index (χ3n) is 2.36. The molecule has 2 heterocycles. The van der Waals surface area contributed by atoms with Gasteiger partial charge in [-0.15, -0.1) is 21.5 Å². The average molecular weight is 351 g/mol. The molecule has 18 heavy (non-hydrogen) atoms. The minimum absolute atomic E-state index is 0.117. The first-order valence-corrected chi connectivity index (χ1v) is 8.08. The van der Waals surface area contributed by atoms with Crippen LogP contribution in [-0.2, 0) is 23.6 Å². The number of nitrogens with zero attached hydrogens (tertiary/aromatic N) is 3. The van der Waals surface area contributed by atoms with Gasteiger partial charge in [0.25, 0.3) is 0 Å². The van der Waals surface area contributed by atoms with Gasteiger partial charge in [0.2, 0.25) is 10.0 Å². The molecule has 1 N–H and O–H groups in total. The molecular formula is C9H11BrN4O2S2. The van der Waals surface area contributed by atoms with Crippen LogP contribution in [0.2, 0.25) is 0 Å². The predicted octanol–water partition coefficient (Wildman–Crippen LogP) is 1.43. The van der Waals surface area contributed by atoms with Crippen molar-refractivity contribution in [2.75, 3.05) is 0 Å². The Morgan fingerprint density at radius 1 is 1.56 bits per heavy atom. The molecule has 0 radical (unpaired) electrons. The second-order valence-electron chi connectivity index (χ2n) is 3.65. The van der Waals surface area contributed by atoms with E-state index in [0.717, 1.165) is 8.66 Å². The Bertz CT molecular complexity index is 662. The SMILES string of the molecule is Cc1sc(Br)cc1S(=O)(=O)NCc1nncn1C. The van der Waals surface area contributed by atoms with Gasteiger partial charge < -0.3 is 4.57 Å². The van der Waals surface area contributed by atoms with Crippen LogP contribution in [0.5, 0.6) is 0 Å². The summed E-state index contributed by atoms with van der Waals surface area (Å²) in [5.74, 6) is 0.561. The van der Waals surface area contributed by atoms with Gasteiger partial charge in [-0.25, -0.2) is 13.1 Å². The van der Waals surface area contributed by atoms with Crippen LogP contribution in [0, 0.1) is 6.92 Å². The Labute approximate surface area is 117 Å². The van der Waals surface area contributed by atoms with Crippen LogP contribution in [-0.4, -0.2) is 23.2 Å². The molecule has 0 aliphatic rings. The molecule has 6 nitrogen and oxygen atoms in total. The van der Waals surface area contributed by atoms with E-state index in [0.29, 0.717) is 10.7 Å². The number of sulfonamides is 1. The zero-order valence-electron chi connectivity index (χ0n) is 9.71. The topological polar surface area (TPSA) is 76.9 Å². The minimum Gasteiger partial charge on any atom is -0.320 e. The summed E-state index contributed by atoms with van der Waals surface area (Å²) >= 11 is 4.66. The van der Waals surface area contributed by atoms with Gasteiger partial charge in [-0.1, -0.05) is 0 Å². The predicted molar refractivity (Wildman–Crippen MR) is 71.8 cm³/mol. The molecule has 0 bridgehead atoms. The number of aryl methyl sites for hydroxylation is 2. The van der Waals surface area contributed by atoms with Crippen molar-refractivity contribution in [3.63, 3.8) is 0 Å². The number of rotatable bonds is 4. The first kappa shape index (κ1) is 13.7. The number of thiophene rings is 1. The normalized spacial score (nSPS) is 11.9. The van der Waals surface area contributed by atoms with E-state index in [4.69, 9.17) is 0 Å². The fourth-order valence-corrected chi connectivity index (χ4v) is 4.79. The van der Waals surface area contributed by atoms with Gasteiger partial charge in [0.1, 0.15) is 12.2 Å². The van der Waals surface area contributed by atoms with Crippen molar-refractivity contribution < 1.29 is 8.42 Å². The molecule has 0 saturated carbocycles. The van der Waals surface area contributed by atoms with Gasteiger partial charge in [-0.3, -0.25) is 0 Å². The Morgan fingerprint density at radius 3 is 2.78 bits per heavy atom. The number of nitrogens with one attached hydrogen (secondary N) is 1. The van der Waals surface area contributed by atoms with Gasteiger partial charge in [0, 0.05) is 11.9 Å². The maximum absolute atomic E-state index is 12.1. The van der Waals surface area contributed by atoms with Crippen molar-refractivity contribution in [1.29, 1.82) is 0 Å². The van der Waals surface area contributed by atoms with Gasteiger partial charge in [0.05, 0.1) is 15.2 Å². The first-order valence-electron chi connectivity index (χ1n) is 4.98. The standard InChI is InChI=1S/C9H11BrN4O2S2/c1-6-7(3-8(10)17-6)18(15,16)12-4-9-13-11-5-14(9)2/h3,5,12H,4H2,1-2H3. The van der Waals surface area contributed by atoms with Crippen molar-refractivity contribution >= 4 is 37.3 Å². The minimum atomic E-state index is -3.51. The second-order valence-corrected chi connectivity index (χ2v) is 8.02. The van der Waals surface area contributed by atoms with Crippen LogP contribution in [0.3, 0.4) is 0 Å². The van der Waals surface area contributed by atoms with E-state index in [-0.39, 0.29) is 6.54 Å². The fourth-order valence-electron chi connectivity index (χ4n) is 1.40. The zero-order valence-corrected chi connectivity index (χ0v) is 12.9. The molecule has 2 aromatic rings. The summed E-state index contributed by atoms with van der Waals surface area (Å²) in [5, 5.41) is 7.51. The van der Waals surface area contributed by atoms with E-state index in [9.17, 15) is 8.42 Å². The molecule has 2 rings (SSSR count). The number of hydrogen-bond acceptors (Lipinski definition) is 5. The third-order valence-corrected chi connectivity index (χ3v) is 5.57. The van der Waals surface area contributed by atoms with E-state index in [1.807, 2.05) is 0 Å². The van der Waals surface area contributed by atoms with Crippen molar-refractivity contribution in [2.45, 2.75) is 18.4 Å². The lowest BCUT2D eigenvalue weighted by molar-refractivity contribution is 0.577. The van der Waals surface area contributed by atoms with Gasteiger partial charge in [0.15, 0.2) is 0 Å². The molecule has 0 unspecified atom stereocenters. The van der Waals surface area contributed by atoms with Crippen LogP contribution in [0.4, 0.5) is 0 Å². The Hall–Kier alpha value is -0.770. The molecule has 98 valence electrons. The molecule has 0 atom stereocenters. The number of hydrogen-bond donors (Lipinski definition) is 1. The zero-order chi connectivity index (χ0) is 13.3. The Morgan fingerprint density at radius 2 is 2.28 bits per heavy atom. The molecule has 0 amide bonds. The maximum Gasteiger partial charge on any atom is 0.242 e. The van der Waals surface area contributed by atoms with Crippen LogP contribution in [0.25, 0.3) is 0 Å². The quantitative estimate of drug-likeness (QED) is 0.904. The van der Waals surface area contributed by atoms with E-state index in [2.05, 4.69) is 30.8 Å². The first-order chi connectivity index (χ1) is 8.40. The van der Waals surface area contributed by atoms with Crippen LogP contribution in [0.1, 0.15) is 10.7 Å². The average Bonchev–Trinajstić information content (AvgIpc) is 2.82. The summed E-state index contributed by atoms with van der Waals surface area (Å²) in [6.45, 7) is 1.89. The number of aromatic nitrogens is 3. The van der Waals surface area contributed by atoms with Gasteiger partial charge in [-0.05, 0) is 28.9 Å². The largest absolute Gasteiger partial charge is 0.320 e. The summed E-state index contributed by atoms with van der Waals surface area (Å²) in [6, 6.07) is 1.60.